The van der Waals surface area contributed by atoms with Gasteiger partial charge in [-0.1, -0.05) is 11.6 Å². The molecule has 2 nitrogen and oxygen atoms in total. The first-order valence-corrected chi connectivity index (χ1v) is 2.11. The van der Waals surface area contributed by atoms with E-state index in [9.17, 15) is 0 Å². The van der Waals surface area contributed by atoms with Gasteiger partial charge in [-0.25, -0.2) is 0 Å². The van der Waals surface area contributed by atoms with Crippen molar-refractivity contribution >= 4 is 34.7 Å². The topological polar surface area (TPSA) is 25.8 Å². The van der Waals surface area contributed by atoms with Crippen LogP contribution < -0.4 is 12.4 Å². The molecule has 0 amide bonds. The molecule has 5 heteroatoms. The summed E-state index contributed by atoms with van der Waals surface area (Å²) in [5.41, 5.74) is 0. The third kappa shape index (κ3) is 4.90. The Balaban J connectivity index is 0. The molecule has 0 saturated carbocycles. The Bertz CT molecular complexity index is 146. The predicted octanol–water partition coefficient (Wildman–Crippen LogP) is -2.45. The minimum absolute atomic E-state index is 0. The average Bonchev–Trinajstić information content (AvgIpc) is 1.69. The molecular weight excluding hydrogens is 171 g/mol. The molecule has 0 aliphatic carbocycles. The van der Waals surface area contributed by atoms with Crippen molar-refractivity contribution in [2.45, 2.75) is 0 Å². The molecule has 0 unspecified atom stereocenters. The van der Waals surface area contributed by atoms with Crippen LogP contribution in [0, 0.1) is 6.20 Å². The zero-order chi connectivity index (χ0) is 5.11. The van der Waals surface area contributed by atoms with Crippen LogP contribution in [0.15, 0.2) is 12.4 Å². The van der Waals surface area contributed by atoms with Crippen LogP contribution >= 0.6 is 11.6 Å². The zero-order valence-electron chi connectivity index (χ0n) is 4.51. The van der Waals surface area contributed by atoms with Crippen LogP contribution in [0.2, 0.25) is 5.15 Å². The van der Waals surface area contributed by atoms with Gasteiger partial charge in [0, 0.05) is 0 Å². The van der Waals surface area contributed by atoms with Gasteiger partial charge in [-0.3, -0.25) is 4.98 Å². The summed E-state index contributed by atoms with van der Waals surface area (Å²) in [7, 11) is 0. The fourth-order valence-corrected chi connectivity index (χ4v) is 0.357. The van der Waals surface area contributed by atoms with E-state index < -0.39 is 0 Å². The maximum absolute atomic E-state index is 5.31. The second-order valence-electron chi connectivity index (χ2n) is 0.959. The molecule has 0 atom stereocenters. The van der Waals surface area contributed by atoms with Gasteiger partial charge in [-0.15, -0.1) is 12.4 Å². The van der Waals surface area contributed by atoms with E-state index in [1.54, 1.807) is 0 Å². The molecular formula is C4H2Cl2MgN2. The quantitative estimate of drug-likeness (QED) is 0.322. The van der Waals surface area contributed by atoms with Crippen molar-refractivity contribution in [3.8, 4) is 0 Å². The number of aromatic nitrogens is 2. The van der Waals surface area contributed by atoms with Crippen LogP contribution in [0.25, 0.3) is 0 Å². The Morgan fingerprint density at radius 3 is 2.33 bits per heavy atom. The largest absolute Gasteiger partial charge is 2.00 e. The molecule has 0 aliphatic rings. The normalized spacial score (nSPS) is 6.78. The third-order valence-corrected chi connectivity index (χ3v) is 0.668. The van der Waals surface area contributed by atoms with Gasteiger partial charge in [0.1, 0.15) is 0 Å². The summed E-state index contributed by atoms with van der Waals surface area (Å²) in [5, 5.41) is 0.308. The molecule has 0 N–H and O–H groups in total. The van der Waals surface area contributed by atoms with Crippen molar-refractivity contribution in [2.75, 3.05) is 0 Å². The Labute approximate surface area is 80.6 Å². The standard InChI is InChI=1S/C4H2ClN2.ClH.Mg/c5-4-3-6-1-2-7-4;;/h1-2H;1H;/q-1;;+2/p-1. The van der Waals surface area contributed by atoms with Crippen LogP contribution in [-0.2, 0) is 0 Å². The summed E-state index contributed by atoms with van der Waals surface area (Å²) in [6, 6.07) is 0. The molecule has 0 aliphatic heterocycles. The molecule has 1 heterocycles. The molecule has 0 saturated heterocycles. The summed E-state index contributed by atoms with van der Waals surface area (Å²) in [5.74, 6) is 0. The average molecular weight is 173 g/mol. The van der Waals surface area contributed by atoms with E-state index >= 15 is 0 Å². The van der Waals surface area contributed by atoms with Crippen LogP contribution in [0.4, 0.5) is 0 Å². The number of nitrogens with zero attached hydrogens (tertiary/aromatic N) is 2. The molecule has 0 bridgehead atoms. The number of hydrogen-bond acceptors (Lipinski definition) is 2. The Morgan fingerprint density at radius 2 is 2.11 bits per heavy atom. The third-order valence-electron chi connectivity index (χ3n) is 0.486. The fraction of sp³-hybridized carbons (Fsp3) is 0. The van der Waals surface area contributed by atoms with E-state index in [4.69, 9.17) is 11.6 Å². The van der Waals surface area contributed by atoms with Crippen molar-refractivity contribution in [1.82, 2.24) is 9.97 Å². The van der Waals surface area contributed by atoms with Crippen LogP contribution in [-0.4, -0.2) is 33.0 Å². The van der Waals surface area contributed by atoms with E-state index in [1.165, 1.54) is 12.4 Å². The van der Waals surface area contributed by atoms with Gasteiger partial charge < -0.3 is 17.4 Å². The molecule has 0 aromatic carbocycles. The first kappa shape index (κ1) is 12.1. The van der Waals surface area contributed by atoms with E-state index in [0.717, 1.165) is 0 Å². The van der Waals surface area contributed by atoms with Crippen molar-refractivity contribution in [3.05, 3.63) is 23.7 Å². The summed E-state index contributed by atoms with van der Waals surface area (Å²) in [6.45, 7) is 0. The molecule has 9 heavy (non-hydrogen) atoms. The molecule has 0 spiro atoms. The fourth-order valence-electron chi connectivity index (χ4n) is 0.252. The van der Waals surface area contributed by atoms with Gasteiger partial charge >= 0.3 is 23.1 Å². The maximum Gasteiger partial charge on any atom is 2.00 e. The van der Waals surface area contributed by atoms with Crippen LogP contribution in [0.1, 0.15) is 0 Å². The van der Waals surface area contributed by atoms with Crippen molar-refractivity contribution in [2.24, 2.45) is 0 Å². The van der Waals surface area contributed by atoms with Crippen LogP contribution in [0.5, 0.6) is 0 Å². The van der Waals surface area contributed by atoms with Gasteiger partial charge in [0.15, 0.2) is 0 Å². The SMILES string of the molecule is Clc1[c-]nccn1.[Cl-].[Mg+2]. The number of rotatable bonds is 0. The monoisotopic (exact) mass is 172 g/mol. The van der Waals surface area contributed by atoms with E-state index in [1.807, 2.05) is 0 Å². The summed E-state index contributed by atoms with van der Waals surface area (Å²) >= 11 is 5.31. The Kier molecular flexibility index (Phi) is 8.83. The Hall–Kier alpha value is 0.426. The first-order chi connectivity index (χ1) is 3.39. The molecule has 1 rings (SSSR count). The first-order valence-electron chi connectivity index (χ1n) is 1.74. The minimum atomic E-state index is 0. The predicted molar refractivity (Wildman–Crippen MR) is 31.6 cm³/mol. The second-order valence-corrected chi connectivity index (χ2v) is 1.32. The van der Waals surface area contributed by atoms with Crippen molar-refractivity contribution in [1.29, 1.82) is 0 Å². The smallest absolute Gasteiger partial charge is 1.00 e. The van der Waals surface area contributed by atoms with Gasteiger partial charge in [0.05, 0.1) is 5.15 Å². The van der Waals surface area contributed by atoms with Crippen LogP contribution in [0.3, 0.4) is 0 Å². The summed E-state index contributed by atoms with van der Waals surface area (Å²) in [4.78, 5) is 7.19. The maximum atomic E-state index is 5.31. The number of hydrogen-bond donors (Lipinski definition) is 0. The minimum Gasteiger partial charge on any atom is -1.00 e. The number of halogens is 2. The Morgan fingerprint density at radius 1 is 1.44 bits per heavy atom. The molecule has 44 valence electrons. The van der Waals surface area contributed by atoms with E-state index in [-0.39, 0.29) is 35.5 Å². The van der Waals surface area contributed by atoms with Gasteiger partial charge in [0.2, 0.25) is 0 Å². The van der Waals surface area contributed by atoms with Gasteiger partial charge in [-0.05, 0) is 6.20 Å². The zero-order valence-corrected chi connectivity index (χ0v) is 7.44. The molecule has 1 aromatic rings. The molecule has 0 fully saturated rings. The molecule has 0 radical (unpaired) electrons. The van der Waals surface area contributed by atoms with Gasteiger partial charge in [-0.2, -0.15) is 0 Å². The van der Waals surface area contributed by atoms with Gasteiger partial charge in [0.25, 0.3) is 0 Å². The van der Waals surface area contributed by atoms with Crippen molar-refractivity contribution < 1.29 is 12.4 Å². The summed E-state index contributed by atoms with van der Waals surface area (Å²) in [6.07, 6.45) is 5.47. The van der Waals surface area contributed by atoms with E-state index in [0.29, 0.717) is 5.15 Å². The second kappa shape index (κ2) is 6.54. The summed E-state index contributed by atoms with van der Waals surface area (Å²) < 4.78 is 0. The molecule has 1 aromatic heterocycles. The van der Waals surface area contributed by atoms with E-state index in [2.05, 4.69) is 16.2 Å². The van der Waals surface area contributed by atoms with Crippen molar-refractivity contribution in [3.63, 3.8) is 0 Å².